The molecule has 0 radical (unpaired) electrons. The van der Waals surface area contributed by atoms with E-state index in [-0.39, 0.29) is 22.7 Å². The molecule has 0 aromatic carbocycles. The van der Waals surface area contributed by atoms with E-state index in [0.29, 0.717) is 5.69 Å². The molecule has 3 aromatic heterocycles. The molecule has 0 fully saturated rings. The lowest BCUT2D eigenvalue weighted by molar-refractivity contribution is 0.541. The fourth-order valence-electron chi connectivity index (χ4n) is 2.98. The van der Waals surface area contributed by atoms with Crippen molar-refractivity contribution in [2.24, 2.45) is 0 Å². The van der Waals surface area contributed by atoms with Crippen molar-refractivity contribution in [2.45, 2.75) is 39.2 Å². The van der Waals surface area contributed by atoms with Gasteiger partial charge in [0.05, 0.1) is 17.1 Å². The summed E-state index contributed by atoms with van der Waals surface area (Å²) in [6.45, 7) is 9.71. The Labute approximate surface area is 150 Å². The Morgan fingerprint density at radius 1 is 1.15 bits per heavy atom. The first kappa shape index (κ1) is 17.7. The average Bonchev–Trinajstić information content (AvgIpc) is 3.24. The molecule has 3 aromatic rings. The fraction of sp³-hybridized carbons (Fsp3) is 0.316. The molecule has 26 heavy (non-hydrogen) atoms. The minimum absolute atomic E-state index is 0.0394. The van der Waals surface area contributed by atoms with Crippen LogP contribution < -0.4 is 21.8 Å². The van der Waals surface area contributed by atoms with Gasteiger partial charge in [0, 0.05) is 18.1 Å². The number of aromatic amines is 3. The number of imidazole rings is 1. The molecule has 3 N–H and O–H groups in total. The van der Waals surface area contributed by atoms with Crippen LogP contribution in [0.4, 0.5) is 0 Å². The first-order valence-electron chi connectivity index (χ1n) is 8.66. The summed E-state index contributed by atoms with van der Waals surface area (Å²) in [5.74, 6) is 1.01. The van der Waals surface area contributed by atoms with Crippen LogP contribution in [0.1, 0.15) is 56.4 Å². The number of nitrogens with one attached hydrogen (secondary N) is 3. The van der Waals surface area contributed by atoms with Crippen molar-refractivity contribution < 1.29 is 0 Å². The lowest BCUT2D eigenvalue weighted by Gasteiger charge is -2.14. The van der Waals surface area contributed by atoms with Crippen molar-refractivity contribution in [2.75, 3.05) is 0 Å². The topological polar surface area (TPSA) is 99.3 Å². The Kier molecular flexibility index (Phi) is 4.79. The van der Waals surface area contributed by atoms with Gasteiger partial charge in [-0.2, -0.15) is 0 Å². The highest BCUT2D eigenvalue weighted by molar-refractivity contribution is 5.48. The van der Waals surface area contributed by atoms with E-state index >= 15 is 0 Å². The third-order valence-corrected chi connectivity index (χ3v) is 4.36. The van der Waals surface area contributed by atoms with Crippen LogP contribution in [0.25, 0.3) is 12.7 Å². The highest BCUT2D eigenvalue weighted by Gasteiger charge is 2.19. The summed E-state index contributed by atoms with van der Waals surface area (Å²) in [6.07, 6.45) is 6.48. The third kappa shape index (κ3) is 3.33. The van der Waals surface area contributed by atoms with Gasteiger partial charge in [-0.3, -0.25) is 9.59 Å². The second-order valence-corrected chi connectivity index (χ2v) is 6.57. The van der Waals surface area contributed by atoms with Crippen molar-refractivity contribution in [3.8, 4) is 0 Å². The zero-order chi connectivity index (χ0) is 18.8. The van der Waals surface area contributed by atoms with Crippen molar-refractivity contribution in [3.63, 3.8) is 0 Å². The van der Waals surface area contributed by atoms with E-state index in [0.717, 1.165) is 17.9 Å². The summed E-state index contributed by atoms with van der Waals surface area (Å²) >= 11 is 0. The molecule has 0 saturated heterocycles. The third-order valence-electron chi connectivity index (χ3n) is 4.36. The van der Waals surface area contributed by atoms with Crippen LogP contribution in [0.5, 0.6) is 0 Å². The van der Waals surface area contributed by atoms with Gasteiger partial charge in [0.15, 0.2) is 0 Å². The van der Waals surface area contributed by atoms with Gasteiger partial charge < -0.3 is 19.5 Å². The maximum Gasteiger partial charge on any atom is 0.272 e. The molecular formula is C19H23N5O2. The van der Waals surface area contributed by atoms with E-state index in [9.17, 15) is 9.59 Å². The van der Waals surface area contributed by atoms with Gasteiger partial charge >= 0.3 is 0 Å². The maximum absolute atomic E-state index is 12.1. The Hall–Kier alpha value is -3.09. The fourth-order valence-corrected chi connectivity index (χ4v) is 2.98. The predicted octanol–water partition coefficient (Wildman–Crippen LogP) is 0.950. The second-order valence-electron chi connectivity index (χ2n) is 6.57. The first-order chi connectivity index (χ1) is 12.4. The molecule has 1 atom stereocenters. The SMILES string of the molecule is C=c1[nH]c(=O)c(=Cc2nc(C(CC)n3cccc3)[nH]c2C(C)C)[nH]c1=O. The molecule has 3 heterocycles. The standard InChI is InChI=1S/C19H23N5O2/c1-5-15(24-8-6-7-9-24)17-21-13(16(23-17)11(2)3)10-14-19(26)20-12(4)18(25)22-14/h6-11,15H,4-5H2,1-3H3,(H,20,26)(H,21,23)(H,22,25). The number of nitrogens with zero attached hydrogens (tertiary/aromatic N) is 2. The quantitative estimate of drug-likeness (QED) is 0.637. The normalized spacial score (nSPS) is 13.5. The Morgan fingerprint density at radius 2 is 1.85 bits per heavy atom. The van der Waals surface area contributed by atoms with Gasteiger partial charge in [0.1, 0.15) is 11.2 Å². The molecule has 0 aliphatic rings. The van der Waals surface area contributed by atoms with E-state index in [2.05, 4.69) is 46.9 Å². The van der Waals surface area contributed by atoms with Crippen molar-refractivity contribution in [1.82, 2.24) is 24.5 Å². The second kappa shape index (κ2) is 7.03. The minimum atomic E-state index is -0.420. The molecule has 136 valence electrons. The number of aromatic nitrogens is 5. The number of hydrogen-bond donors (Lipinski definition) is 3. The van der Waals surface area contributed by atoms with E-state index in [1.54, 1.807) is 6.08 Å². The molecule has 0 spiro atoms. The summed E-state index contributed by atoms with van der Waals surface area (Å²) in [5.41, 5.74) is 0.755. The largest absolute Gasteiger partial charge is 0.344 e. The van der Waals surface area contributed by atoms with Gasteiger partial charge in [-0.05, 0) is 30.5 Å². The molecule has 0 saturated carbocycles. The molecule has 0 aliphatic carbocycles. The predicted molar refractivity (Wildman–Crippen MR) is 102 cm³/mol. The van der Waals surface area contributed by atoms with Crippen LogP contribution >= 0.6 is 0 Å². The van der Waals surface area contributed by atoms with Gasteiger partial charge in [-0.1, -0.05) is 27.4 Å². The number of hydrogen-bond acceptors (Lipinski definition) is 3. The van der Waals surface area contributed by atoms with Crippen LogP contribution in [0, 0.1) is 0 Å². The molecule has 3 rings (SSSR count). The van der Waals surface area contributed by atoms with Crippen LogP contribution in [-0.4, -0.2) is 24.5 Å². The summed E-state index contributed by atoms with van der Waals surface area (Å²) in [5, 5.41) is 0.203. The van der Waals surface area contributed by atoms with Crippen LogP contribution in [0.15, 0.2) is 34.1 Å². The van der Waals surface area contributed by atoms with Crippen molar-refractivity contribution >= 4 is 12.7 Å². The lowest BCUT2D eigenvalue weighted by Crippen LogP contribution is -2.46. The number of H-pyrrole nitrogens is 3. The molecule has 7 nitrogen and oxygen atoms in total. The van der Waals surface area contributed by atoms with Crippen molar-refractivity contribution in [1.29, 1.82) is 0 Å². The zero-order valence-electron chi connectivity index (χ0n) is 15.2. The number of rotatable bonds is 5. The zero-order valence-corrected chi connectivity index (χ0v) is 15.2. The monoisotopic (exact) mass is 353 g/mol. The van der Waals surface area contributed by atoms with Crippen LogP contribution in [0.2, 0.25) is 0 Å². The molecule has 0 aliphatic heterocycles. The van der Waals surface area contributed by atoms with Crippen LogP contribution in [0.3, 0.4) is 0 Å². The minimum Gasteiger partial charge on any atom is -0.344 e. The molecule has 7 heteroatoms. The van der Waals surface area contributed by atoms with Crippen LogP contribution in [-0.2, 0) is 0 Å². The summed E-state index contributed by atoms with van der Waals surface area (Å²) < 4.78 is 2.10. The average molecular weight is 353 g/mol. The molecular weight excluding hydrogens is 330 g/mol. The lowest BCUT2D eigenvalue weighted by atomic mass is 10.1. The van der Waals surface area contributed by atoms with Gasteiger partial charge in [0.2, 0.25) is 0 Å². The van der Waals surface area contributed by atoms with Gasteiger partial charge in [0.25, 0.3) is 11.1 Å². The van der Waals surface area contributed by atoms with Crippen molar-refractivity contribution in [3.05, 3.63) is 73.1 Å². The summed E-state index contributed by atoms with van der Waals surface area (Å²) in [6, 6.07) is 4.03. The Morgan fingerprint density at radius 3 is 2.46 bits per heavy atom. The molecule has 0 amide bonds. The van der Waals surface area contributed by atoms with Gasteiger partial charge in [-0.25, -0.2) is 4.98 Å². The molecule has 1 unspecified atom stereocenters. The highest BCUT2D eigenvalue weighted by atomic mass is 16.1. The summed E-state index contributed by atoms with van der Waals surface area (Å²) in [7, 11) is 0. The molecule has 0 bridgehead atoms. The van der Waals surface area contributed by atoms with E-state index in [4.69, 9.17) is 4.98 Å². The first-order valence-corrected chi connectivity index (χ1v) is 8.66. The smallest absolute Gasteiger partial charge is 0.272 e. The van der Waals surface area contributed by atoms with Gasteiger partial charge in [-0.15, -0.1) is 0 Å². The maximum atomic E-state index is 12.1. The van der Waals surface area contributed by atoms with E-state index in [1.165, 1.54) is 0 Å². The van der Waals surface area contributed by atoms with E-state index < -0.39 is 11.1 Å². The Balaban J connectivity index is 2.17. The highest BCUT2D eigenvalue weighted by Crippen LogP contribution is 2.24. The Bertz CT molecular complexity index is 1120. The summed E-state index contributed by atoms with van der Waals surface area (Å²) in [4.78, 5) is 37.0. The van der Waals surface area contributed by atoms with E-state index in [1.807, 2.05) is 24.5 Å².